The van der Waals surface area contributed by atoms with Crippen LogP contribution < -0.4 is 10.1 Å². The molecule has 4 nitrogen and oxygen atoms in total. The van der Waals surface area contributed by atoms with Gasteiger partial charge < -0.3 is 19.9 Å². The molecule has 0 spiro atoms. The molecule has 1 fully saturated rings. The summed E-state index contributed by atoms with van der Waals surface area (Å²) in [7, 11) is 1.62. The molecule has 3 rings (SSSR count). The molecule has 2 N–H and O–H groups in total. The summed E-state index contributed by atoms with van der Waals surface area (Å²) in [6, 6.07) is 18.8. The molecule has 1 aliphatic rings. The number of nitrogens with one attached hydrogen (secondary N) is 1. The average molecular weight is 370 g/mol. The summed E-state index contributed by atoms with van der Waals surface area (Å²) < 4.78 is 10.6. The highest BCUT2D eigenvalue weighted by Gasteiger charge is 2.31. The SMILES string of the molecule is COCOc1cccc(C(NCCc2ccccc2)[C@@H]2CCCC[C@H]2O)c1. The maximum absolute atomic E-state index is 10.6. The van der Waals surface area contributed by atoms with Gasteiger partial charge in [-0.25, -0.2) is 0 Å². The molecule has 0 heterocycles. The Labute approximate surface area is 162 Å². The first-order valence-corrected chi connectivity index (χ1v) is 9.95. The lowest BCUT2D eigenvalue weighted by Gasteiger charge is -2.35. The fourth-order valence-electron chi connectivity index (χ4n) is 3.99. The lowest BCUT2D eigenvalue weighted by molar-refractivity contribution is 0.0462. The minimum atomic E-state index is -0.253. The van der Waals surface area contributed by atoms with Gasteiger partial charge in [-0.05, 0) is 49.1 Å². The van der Waals surface area contributed by atoms with Gasteiger partial charge in [-0.1, -0.05) is 55.3 Å². The van der Waals surface area contributed by atoms with Gasteiger partial charge in [0.2, 0.25) is 0 Å². The van der Waals surface area contributed by atoms with E-state index in [-0.39, 0.29) is 24.9 Å². The van der Waals surface area contributed by atoms with Crippen molar-refractivity contribution in [2.75, 3.05) is 20.4 Å². The summed E-state index contributed by atoms with van der Waals surface area (Å²) in [5, 5.41) is 14.4. The van der Waals surface area contributed by atoms with Crippen LogP contribution in [0.5, 0.6) is 5.75 Å². The van der Waals surface area contributed by atoms with Crippen molar-refractivity contribution < 1.29 is 14.6 Å². The Morgan fingerprint density at radius 2 is 1.89 bits per heavy atom. The Bertz CT molecular complexity index is 676. The van der Waals surface area contributed by atoms with Crippen molar-refractivity contribution in [3.63, 3.8) is 0 Å². The van der Waals surface area contributed by atoms with Crippen molar-refractivity contribution >= 4 is 0 Å². The molecular formula is C23H31NO3. The smallest absolute Gasteiger partial charge is 0.188 e. The van der Waals surface area contributed by atoms with Crippen LogP contribution in [0.15, 0.2) is 54.6 Å². The fourth-order valence-corrected chi connectivity index (χ4v) is 3.99. The Hall–Kier alpha value is -1.88. The number of hydrogen-bond donors (Lipinski definition) is 2. The molecule has 0 amide bonds. The first kappa shape index (κ1) is 19.9. The number of ether oxygens (including phenoxy) is 2. The quantitative estimate of drug-likeness (QED) is 0.654. The molecule has 0 aliphatic heterocycles. The Kier molecular flexibility index (Phi) is 7.69. The van der Waals surface area contributed by atoms with Gasteiger partial charge in [0.25, 0.3) is 0 Å². The topological polar surface area (TPSA) is 50.7 Å². The first-order valence-electron chi connectivity index (χ1n) is 9.95. The normalized spacial score (nSPS) is 21.0. The van der Waals surface area contributed by atoms with Crippen LogP contribution in [0.2, 0.25) is 0 Å². The van der Waals surface area contributed by atoms with Crippen molar-refractivity contribution in [3.05, 3.63) is 65.7 Å². The fraction of sp³-hybridized carbons (Fsp3) is 0.478. The second kappa shape index (κ2) is 10.5. The maximum atomic E-state index is 10.6. The summed E-state index contributed by atoms with van der Waals surface area (Å²) in [4.78, 5) is 0. The molecule has 2 aromatic rings. The first-order chi connectivity index (χ1) is 13.3. The van der Waals surface area contributed by atoms with Crippen LogP contribution in [-0.2, 0) is 11.2 Å². The van der Waals surface area contributed by atoms with Gasteiger partial charge in [0, 0.05) is 19.1 Å². The summed E-state index contributed by atoms with van der Waals surface area (Å²) in [6.45, 7) is 1.11. The minimum absolute atomic E-state index is 0.120. The second-order valence-corrected chi connectivity index (χ2v) is 7.31. The van der Waals surface area contributed by atoms with Gasteiger partial charge in [0.15, 0.2) is 6.79 Å². The van der Waals surface area contributed by atoms with Crippen LogP contribution in [-0.4, -0.2) is 31.7 Å². The molecule has 0 bridgehead atoms. The van der Waals surface area contributed by atoms with Gasteiger partial charge >= 0.3 is 0 Å². The molecular weight excluding hydrogens is 338 g/mol. The van der Waals surface area contributed by atoms with E-state index in [4.69, 9.17) is 9.47 Å². The molecule has 1 unspecified atom stereocenters. The number of methoxy groups -OCH3 is 1. The van der Waals surface area contributed by atoms with Gasteiger partial charge in [-0.3, -0.25) is 0 Å². The van der Waals surface area contributed by atoms with E-state index in [0.29, 0.717) is 0 Å². The average Bonchev–Trinajstić information content (AvgIpc) is 2.71. The van der Waals surface area contributed by atoms with Crippen molar-refractivity contribution in [2.45, 2.75) is 44.2 Å². The summed E-state index contributed by atoms with van der Waals surface area (Å²) in [5.74, 6) is 1.03. The summed E-state index contributed by atoms with van der Waals surface area (Å²) in [6.07, 6.45) is 4.95. The van der Waals surface area contributed by atoms with E-state index < -0.39 is 0 Å². The second-order valence-electron chi connectivity index (χ2n) is 7.31. The van der Waals surface area contributed by atoms with E-state index in [1.54, 1.807) is 7.11 Å². The van der Waals surface area contributed by atoms with E-state index in [2.05, 4.69) is 41.7 Å². The maximum Gasteiger partial charge on any atom is 0.188 e. The van der Waals surface area contributed by atoms with Crippen LogP contribution in [0.1, 0.15) is 42.9 Å². The molecule has 0 saturated heterocycles. The van der Waals surface area contributed by atoms with E-state index in [9.17, 15) is 5.11 Å². The van der Waals surface area contributed by atoms with Crippen LogP contribution in [0.4, 0.5) is 0 Å². The third-order valence-corrected chi connectivity index (χ3v) is 5.39. The van der Waals surface area contributed by atoms with Crippen LogP contribution in [0, 0.1) is 5.92 Å². The number of hydrogen-bond acceptors (Lipinski definition) is 4. The number of rotatable bonds is 9. The van der Waals surface area contributed by atoms with Crippen LogP contribution in [0.3, 0.4) is 0 Å². The number of benzene rings is 2. The highest BCUT2D eigenvalue weighted by atomic mass is 16.7. The zero-order valence-electron chi connectivity index (χ0n) is 16.1. The number of aliphatic hydroxyl groups excluding tert-OH is 1. The molecule has 27 heavy (non-hydrogen) atoms. The van der Waals surface area contributed by atoms with Gasteiger partial charge in [-0.2, -0.15) is 0 Å². The van der Waals surface area contributed by atoms with E-state index in [1.165, 1.54) is 17.5 Å². The monoisotopic (exact) mass is 369 g/mol. The lowest BCUT2D eigenvalue weighted by Crippen LogP contribution is -2.38. The molecule has 1 aliphatic carbocycles. The zero-order valence-corrected chi connectivity index (χ0v) is 16.1. The highest BCUT2D eigenvalue weighted by Crippen LogP contribution is 2.35. The molecule has 4 heteroatoms. The van der Waals surface area contributed by atoms with Crippen molar-refractivity contribution in [1.82, 2.24) is 5.32 Å². The predicted molar refractivity (Wildman–Crippen MR) is 108 cm³/mol. The molecule has 1 saturated carbocycles. The van der Waals surface area contributed by atoms with E-state index in [1.807, 2.05) is 18.2 Å². The largest absolute Gasteiger partial charge is 0.468 e. The van der Waals surface area contributed by atoms with Crippen LogP contribution >= 0.6 is 0 Å². The third-order valence-electron chi connectivity index (χ3n) is 5.39. The molecule has 146 valence electrons. The Morgan fingerprint density at radius 3 is 2.67 bits per heavy atom. The number of aliphatic hydroxyl groups is 1. The Morgan fingerprint density at radius 1 is 1.07 bits per heavy atom. The standard InChI is InChI=1S/C23H31NO3/c1-26-17-27-20-11-7-10-19(16-20)23(21-12-5-6-13-22(21)25)24-15-14-18-8-3-2-4-9-18/h2-4,7-11,16,21-25H,5-6,12-15,17H2,1H3/t21-,22-,23?/m1/s1. The summed E-state index contributed by atoms with van der Waals surface area (Å²) >= 11 is 0. The van der Waals surface area contributed by atoms with Gasteiger partial charge in [0.05, 0.1) is 6.10 Å². The van der Waals surface area contributed by atoms with Crippen molar-refractivity contribution in [3.8, 4) is 5.75 Å². The predicted octanol–water partition coefficient (Wildman–Crippen LogP) is 4.09. The van der Waals surface area contributed by atoms with E-state index >= 15 is 0 Å². The molecule has 3 atom stereocenters. The van der Waals surface area contributed by atoms with Gasteiger partial charge in [-0.15, -0.1) is 0 Å². The molecule has 0 radical (unpaired) electrons. The Balaban J connectivity index is 1.72. The summed E-state index contributed by atoms with van der Waals surface area (Å²) in [5.41, 5.74) is 2.49. The minimum Gasteiger partial charge on any atom is -0.468 e. The van der Waals surface area contributed by atoms with Crippen LogP contribution in [0.25, 0.3) is 0 Å². The highest BCUT2D eigenvalue weighted by molar-refractivity contribution is 5.31. The third kappa shape index (κ3) is 5.80. The van der Waals surface area contributed by atoms with Crippen molar-refractivity contribution in [2.24, 2.45) is 5.92 Å². The van der Waals surface area contributed by atoms with Gasteiger partial charge in [0.1, 0.15) is 5.75 Å². The lowest BCUT2D eigenvalue weighted by atomic mass is 9.79. The zero-order chi connectivity index (χ0) is 18.9. The molecule has 0 aromatic heterocycles. The van der Waals surface area contributed by atoms with E-state index in [0.717, 1.165) is 38.0 Å². The van der Waals surface area contributed by atoms with Crippen molar-refractivity contribution in [1.29, 1.82) is 0 Å². The molecule has 2 aromatic carbocycles.